The highest BCUT2D eigenvalue weighted by atomic mass is 16.4. The van der Waals surface area contributed by atoms with E-state index in [9.17, 15) is 20.4 Å². The fourth-order valence-electron chi connectivity index (χ4n) is 1.80. The number of nitrogens with zero attached hydrogens (tertiary/aromatic N) is 1. The molecule has 6 nitrogen and oxygen atoms in total. The molecule has 0 amide bonds. The minimum Gasteiger partial charge on any atom is -0.394 e. The van der Waals surface area contributed by atoms with Crippen LogP contribution in [0, 0.1) is 0 Å². The lowest BCUT2D eigenvalue weighted by molar-refractivity contribution is -0.118. The molecular formula is C15H27NO5. The summed E-state index contributed by atoms with van der Waals surface area (Å²) in [5.74, 6) is 0. The molecule has 0 aliphatic rings. The minimum absolute atomic E-state index is 0.107. The lowest BCUT2D eigenvalue weighted by atomic mass is 10.0. The van der Waals surface area contributed by atoms with Gasteiger partial charge in [-0.1, -0.05) is 30.9 Å². The molecule has 0 aliphatic heterocycles. The van der Waals surface area contributed by atoms with Crippen LogP contribution in [0.5, 0.6) is 0 Å². The summed E-state index contributed by atoms with van der Waals surface area (Å²) >= 11 is 0. The van der Waals surface area contributed by atoms with Crippen LogP contribution in [-0.2, 0) is 0 Å². The second-order valence-corrected chi connectivity index (χ2v) is 4.95. The highest BCUT2D eigenvalue weighted by Gasteiger charge is 2.30. The van der Waals surface area contributed by atoms with Gasteiger partial charge in [-0.15, -0.1) is 0 Å². The third-order valence-electron chi connectivity index (χ3n) is 3.09. The Hall–Kier alpha value is -1.02. The first kappa shape index (κ1) is 20.0. The van der Waals surface area contributed by atoms with E-state index in [-0.39, 0.29) is 6.54 Å². The predicted molar refractivity (Wildman–Crippen MR) is 81.7 cm³/mol. The van der Waals surface area contributed by atoms with E-state index in [4.69, 9.17) is 5.11 Å². The predicted octanol–water partition coefficient (Wildman–Crippen LogP) is -0.957. The van der Waals surface area contributed by atoms with Crippen LogP contribution in [0.25, 0.3) is 0 Å². The van der Waals surface area contributed by atoms with E-state index in [0.717, 1.165) is 5.57 Å². The van der Waals surface area contributed by atoms with Gasteiger partial charge < -0.3 is 25.5 Å². The van der Waals surface area contributed by atoms with Crippen LogP contribution in [-0.4, -0.2) is 81.6 Å². The molecule has 4 atom stereocenters. The fraction of sp³-hybridized carbons (Fsp3) is 0.600. The molecule has 0 saturated carbocycles. The Morgan fingerprint density at radius 3 is 2.19 bits per heavy atom. The average Bonchev–Trinajstić information content (AvgIpc) is 2.48. The number of likely N-dealkylation sites (N-methyl/N-ethyl adjacent to an activating group) is 1. The molecule has 0 saturated heterocycles. The summed E-state index contributed by atoms with van der Waals surface area (Å²) in [7, 11) is 1.76. The van der Waals surface area contributed by atoms with Gasteiger partial charge in [0.05, 0.1) is 12.7 Å². The van der Waals surface area contributed by atoms with Crippen LogP contribution < -0.4 is 0 Å². The van der Waals surface area contributed by atoms with Crippen LogP contribution in [0.15, 0.2) is 36.5 Å². The van der Waals surface area contributed by atoms with Crippen molar-refractivity contribution in [2.45, 2.75) is 31.3 Å². The first-order chi connectivity index (χ1) is 9.87. The van der Waals surface area contributed by atoms with Gasteiger partial charge in [0.25, 0.3) is 0 Å². The molecule has 0 spiro atoms. The number of hydrogen-bond donors (Lipinski definition) is 5. The van der Waals surface area contributed by atoms with Crippen molar-refractivity contribution in [3.63, 3.8) is 0 Å². The van der Waals surface area contributed by atoms with E-state index in [1.807, 2.05) is 19.1 Å². The highest BCUT2D eigenvalue weighted by Crippen LogP contribution is 2.08. The van der Waals surface area contributed by atoms with Gasteiger partial charge in [-0.05, 0) is 19.5 Å². The van der Waals surface area contributed by atoms with Crippen molar-refractivity contribution < 1.29 is 25.5 Å². The zero-order valence-electron chi connectivity index (χ0n) is 12.6. The number of aliphatic hydroxyl groups excluding tert-OH is 5. The summed E-state index contributed by atoms with van der Waals surface area (Å²) in [4.78, 5) is 1.77. The topological polar surface area (TPSA) is 104 Å². The van der Waals surface area contributed by atoms with Crippen molar-refractivity contribution in [3.8, 4) is 0 Å². The van der Waals surface area contributed by atoms with Gasteiger partial charge in [-0.2, -0.15) is 0 Å². The molecule has 122 valence electrons. The standard InChI is InChI=1S/C15H27NO5/c1-4-6-7-11(5-2)8-16(3)9-12(18)14(20)15(21)13(19)10-17/h4-7,12-15,17-21H,1,8-10H2,2-3H3/b7-6-,11-5+. The lowest BCUT2D eigenvalue weighted by Crippen LogP contribution is -2.49. The second-order valence-electron chi connectivity index (χ2n) is 4.95. The zero-order valence-corrected chi connectivity index (χ0v) is 12.6. The van der Waals surface area contributed by atoms with Gasteiger partial charge in [-0.25, -0.2) is 0 Å². The van der Waals surface area contributed by atoms with Crippen molar-refractivity contribution >= 4 is 0 Å². The van der Waals surface area contributed by atoms with Gasteiger partial charge in [0, 0.05) is 13.1 Å². The number of rotatable bonds is 10. The Morgan fingerprint density at radius 2 is 1.71 bits per heavy atom. The van der Waals surface area contributed by atoms with Crippen molar-refractivity contribution in [3.05, 3.63) is 36.5 Å². The average molecular weight is 301 g/mol. The van der Waals surface area contributed by atoms with E-state index in [1.165, 1.54) is 0 Å². The zero-order chi connectivity index (χ0) is 16.4. The van der Waals surface area contributed by atoms with Crippen molar-refractivity contribution in [2.24, 2.45) is 0 Å². The highest BCUT2D eigenvalue weighted by molar-refractivity contribution is 5.22. The SMILES string of the molecule is C=C/C=C\C(=C/C)CN(C)CC(O)C(O)C(O)C(O)CO. The molecule has 4 unspecified atom stereocenters. The summed E-state index contributed by atoms with van der Waals surface area (Å²) in [6.07, 6.45) is 1.41. The van der Waals surface area contributed by atoms with E-state index in [2.05, 4.69) is 6.58 Å². The van der Waals surface area contributed by atoms with Gasteiger partial charge >= 0.3 is 0 Å². The lowest BCUT2D eigenvalue weighted by Gasteiger charge is -2.28. The van der Waals surface area contributed by atoms with Crippen molar-refractivity contribution in [1.82, 2.24) is 4.90 Å². The number of hydrogen-bond acceptors (Lipinski definition) is 6. The van der Waals surface area contributed by atoms with Crippen LogP contribution >= 0.6 is 0 Å². The van der Waals surface area contributed by atoms with Crippen LogP contribution in [0.3, 0.4) is 0 Å². The largest absolute Gasteiger partial charge is 0.394 e. The maximum absolute atomic E-state index is 9.87. The Morgan fingerprint density at radius 1 is 1.14 bits per heavy atom. The maximum Gasteiger partial charge on any atom is 0.111 e. The first-order valence-corrected chi connectivity index (χ1v) is 6.83. The summed E-state index contributed by atoms with van der Waals surface area (Å²) < 4.78 is 0. The summed E-state index contributed by atoms with van der Waals surface area (Å²) in [6, 6.07) is 0. The molecule has 21 heavy (non-hydrogen) atoms. The maximum atomic E-state index is 9.87. The molecule has 5 N–H and O–H groups in total. The Labute approximate surface area is 126 Å². The van der Waals surface area contributed by atoms with Crippen molar-refractivity contribution in [2.75, 3.05) is 26.7 Å². The third kappa shape index (κ3) is 7.52. The molecule has 0 heterocycles. The molecule has 0 aromatic rings. The molecule has 6 heteroatoms. The Bertz CT molecular complexity index is 356. The summed E-state index contributed by atoms with van der Waals surface area (Å²) in [5.41, 5.74) is 1.01. The van der Waals surface area contributed by atoms with Gasteiger partial charge in [-0.3, -0.25) is 4.90 Å². The van der Waals surface area contributed by atoms with Crippen molar-refractivity contribution in [1.29, 1.82) is 0 Å². The molecule has 0 aromatic carbocycles. The number of aliphatic hydroxyl groups is 5. The Balaban J connectivity index is 4.46. The molecule has 0 aromatic heterocycles. The fourth-order valence-corrected chi connectivity index (χ4v) is 1.80. The van der Waals surface area contributed by atoms with Gasteiger partial charge in [0.1, 0.15) is 18.3 Å². The van der Waals surface area contributed by atoms with E-state index >= 15 is 0 Å². The van der Waals surface area contributed by atoms with Crippen LogP contribution in [0.1, 0.15) is 6.92 Å². The van der Waals surface area contributed by atoms with Crippen LogP contribution in [0.4, 0.5) is 0 Å². The minimum atomic E-state index is -1.60. The normalized spacial score (nSPS) is 18.8. The summed E-state index contributed by atoms with van der Waals surface area (Å²) in [6.45, 7) is 5.45. The van der Waals surface area contributed by atoms with E-state index < -0.39 is 31.0 Å². The quantitative estimate of drug-likeness (QED) is 0.333. The monoisotopic (exact) mass is 301 g/mol. The van der Waals surface area contributed by atoms with E-state index in [1.54, 1.807) is 24.1 Å². The Kier molecular flexibility index (Phi) is 10.2. The molecule has 0 fully saturated rings. The molecule has 0 bridgehead atoms. The second kappa shape index (κ2) is 10.7. The van der Waals surface area contributed by atoms with Gasteiger partial charge in [0.15, 0.2) is 0 Å². The molecular weight excluding hydrogens is 274 g/mol. The third-order valence-corrected chi connectivity index (χ3v) is 3.09. The first-order valence-electron chi connectivity index (χ1n) is 6.83. The van der Waals surface area contributed by atoms with Crippen LogP contribution in [0.2, 0.25) is 0 Å². The summed E-state index contributed by atoms with van der Waals surface area (Å²) in [5, 5.41) is 47.1. The van der Waals surface area contributed by atoms with Gasteiger partial charge in [0.2, 0.25) is 0 Å². The molecule has 0 rings (SSSR count). The molecule has 0 aliphatic carbocycles. The smallest absolute Gasteiger partial charge is 0.111 e. The van der Waals surface area contributed by atoms with E-state index in [0.29, 0.717) is 6.54 Å². The number of allylic oxidation sites excluding steroid dienone is 3. The molecule has 0 radical (unpaired) electrons.